The molecule has 2 N–H and O–H groups in total. The van der Waals surface area contributed by atoms with Gasteiger partial charge in [-0.2, -0.15) is 0 Å². The fourth-order valence-corrected chi connectivity index (χ4v) is 3.58. The summed E-state index contributed by atoms with van der Waals surface area (Å²) >= 11 is 3.42. The molecule has 3 aromatic rings. The molecule has 0 radical (unpaired) electrons. The Morgan fingerprint density at radius 3 is 2.03 bits per heavy atom. The van der Waals surface area contributed by atoms with Gasteiger partial charge in [-0.05, 0) is 69.2 Å². The first-order valence-corrected chi connectivity index (χ1v) is 11.7. The number of amides is 2. The second-order valence-corrected chi connectivity index (χ2v) is 8.40. The van der Waals surface area contributed by atoms with Crippen molar-refractivity contribution in [3.05, 3.63) is 89.0 Å². The van der Waals surface area contributed by atoms with Crippen LogP contribution in [0, 0.1) is 13.8 Å². The fourth-order valence-electron chi connectivity index (χ4n) is 3.18. The number of benzene rings is 3. The number of carbonyl (C=O) groups excluding carboxylic acids is 2. The van der Waals surface area contributed by atoms with E-state index >= 15 is 0 Å². The summed E-state index contributed by atoms with van der Waals surface area (Å²) in [7, 11) is 0. The Balaban J connectivity index is 1.81. The van der Waals surface area contributed by atoms with Gasteiger partial charge in [-0.25, -0.2) is 0 Å². The molecule has 5 nitrogen and oxygen atoms in total. The summed E-state index contributed by atoms with van der Waals surface area (Å²) in [6.07, 6.45) is 1.89. The van der Waals surface area contributed by atoms with Gasteiger partial charge in [-0.15, -0.1) is 0 Å². The lowest BCUT2D eigenvalue weighted by Crippen LogP contribution is -2.15. The number of unbranched alkanes of at least 4 members (excludes halogenated alkanes) is 1. The molecule has 0 aliphatic rings. The van der Waals surface area contributed by atoms with E-state index in [1.54, 1.807) is 30.3 Å². The molecule has 0 spiro atoms. The summed E-state index contributed by atoms with van der Waals surface area (Å²) in [6.45, 7) is 4.42. The molecule has 0 aliphatic carbocycles. The molecule has 0 saturated heterocycles. The molecule has 0 aromatic heterocycles. The van der Waals surface area contributed by atoms with Crippen molar-refractivity contribution in [1.82, 2.24) is 0 Å². The van der Waals surface area contributed by atoms with E-state index in [0.29, 0.717) is 34.9 Å². The third-order valence-electron chi connectivity index (χ3n) is 4.83. The minimum Gasteiger partial charge on any atom is -0.491 e. The van der Waals surface area contributed by atoms with Gasteiger partial charge in [-0.3, -0.25) is 9.59 Å². The van der Waals surface area contributed by atoms with Crippen LogP contribution in [0.3, 0.4) is 0 Å². The van der Waals surface area contributed by atoms with Crippen molar-refractivity contribution in [2.24, 2.45) is 0 Å². The van der Waals surface area contributed by atoms with Crippen LogP contribution >= 0.6 is 15.9 Å². The molecule has 6 heteroatoms. The molecule has 0 bridgehead atoms. The normalized spacial score (nSPS) is 10.5. The van der Waals surface area contributed by atoms with Crippen molar-refractivity contribution in [3.63, 3.8) is 0 Å². The second-order valence-electron chi connectivity index (χ2n) is 7.60. The van der Waals surface area contributed by atoms with Crippen molar-refractivity contribution in [2.75, 3.05) is 22.6 Å². The monoisotopic (exact) mass is 494 g/mol. The molecule has 0 saturated carbocycles. The topological polar surface area (TPSA) is 67.4 Å². The lowest BCUT2D eigenvalue weighted by atomic mass is 10.1. The van der Waals surface area contributed by atoms with E-state index in [1.165, 1.54) is 0 Å². The van der Waals surface area contributed by atoms with E-state index in [-0.39, 0.29) is 11.8 Å². The van der Waals surface area contributed by atoms with E-state index in [0.717, 1.165) is 29.3 Å². The first kappa shape index (κ1) is 23.5. The highest BCUT2D eigenvalue weighted by atomic mass is 79.9. The van der Waals surface area contributed by atoms with E-state index in [1.807, 2.05) is 50.2 Å². The van der Waals surface area contributed by atoms with E-state index < -0.39 is 0 Å². The molecule has 2 amide bonds. The standard InChI is InChI=1S/C26H27BrN2O3/c1-18-7-5-9-20(15-18)25(30)28-22-11-12-24(32-14-4-3-13-27)23(17-22)29-26(31)21-10-6-8-19(2)16-21/h5-12,15-17H,3-4,13-14H2,1-2H3,(H,28,30)(H,29,31). The van der Waals surface area contributed by atoms with Crippen LogP contribution in [0.15, 0.2) is 66.7 Å². The van der Waals surface area contributed by atoms with Gasteiger partial charge >= 0.3 is 0 Å². The van der Waals surface area contributed by atoms with Crippen LogP contribution in [0.1, 0.15) is 44.7 Å². The van der Waals surface area contributed by atoms with Crippen LogP contribution in [-0.4, -0.2) is 23.8 Å². The Kier molecular flexibility index (Phi) is 8.45. The zero-order chi connectivity index (χ0) is 22.9. The number of halogens is 1. The minimum atomic E-state index is -0.235. The highest BCUT2D eigenvalue weighted by Crippen LogP contribution is 2.29. The van der Waals surface area contributed by atoms with Crippen LogP contribution in [-0.2, 0) is 0 Å². The first-order chi connectivity index (χ1) is 15.5. The number of hydrogen-bond acceptors (Lipinski definition) is 3. The van der Waals surface area contributed by atoms with Gasteiger partial charge in [0.05, 0.1) is 12.3 Å². The minimum absolute atomic E-state index is 0.212. The Bertz CT molecular complexity index is 1100. The number of alkyl halides is 1. The van der Waals surface area contributed by atoms with Gasteiger partial charge in [0.15, 0.2) is 0 Å². The van der Waals surface area contributed by atoms with E-state index in [9.17, 15) is 9.59 Å². The zero-order valence-corrected chi connectivity index (χ0v) is 19.9. The lowest BCUT2D eigenvalue weighted by Gasteiger charge is -2.15. The molecular weight excluding hydrogens is 468 g/mol. The molecule has 0 unspecified atom stereocenters. The maximum atomic E-state index is 12.8. The summed E-state index contributed by atoms with van der Waals surface area (Å²) in [6, 6.07) is 20.0. The molecule has 3 rings (SSSR count). The third kappa shape index (κ3) is 6.69. The lowest BCUT2D eigenvalue weighted by molar-refractivity contribution is 0.101. The van der Waals surface area contributed by atoms with Crippen LogP contribution in [0.25, 0.3) is 0 Å². The Morgan fingerprint density at radius 2 is 1.44 bits per heavy atom. The number of anilines is 2. The predicted molar refractivity (Wildman–Crippen MR) is 133 cm³/mol. The van der Waals surface area contributed by atoms with Gasteiger partial charge in [0, 0.05) is 22.1 Å². The molecular formula is C26H27BrN2O3. The Morgan fingerprint density at radius 1 is 0.812 bits per heavy atom. The molecule has 0 atom stereocenters. The smallest absolute Gasteiger partial charge is 0.255 e. The first-order valence-electron chi connectivity index (χ1n) is 10.5. The van der Waals surface area contributed by atoms with Crippen LogP contribution < -0.4 is 15.4 Å². The molecule has 3 aromatic carbocycles. The van der Waals surface area contributed by atoms with Crippen molar-refractivity contribution in [1.29, 1.82) is 0 Å². The van der Waals surface area contributed by atoms with Gasteiger partial charge in [0.1, 0.15) is 5.75 Å². The maximum absolute atomic E-state index is 12.8. The fraction of sp³-hybridized carbons (Fsp3) is 0.231. The quantitative estimate of drug-likeness (QED) is 0.268. The number of nitrogens with one attached hydrogen (secondary N) is 2. The maximum Gasteiger partial charge on any atom is 0.255 e. The summed E-state index contributed by atoms with van der Waals surface area (Å²) in [5, 5.41) is 6.75. The average molecular weight is 495 g/mol. The van der Waals surface area contributed by atoms with Gasteiger partial charge in [0.2, 0.25) is 0 Å². The average Bonchev–Trinajstić information content (AvgIpc) is 2.78. The van der Waals surface area contributed by atoms with Crippen LogP contribution in [0.4, 0.5) is 11.4 Å². The number of carbonyl (C=O) groups is 2. The summed E-state index contributed by atoms with van der Waals surface area (Å²) in [5.74, 6) is 0.117. The SMILES string of the molecule is Cc1cccc(C(=O)Nc2ccc(OCCCCBr)c(NC(=O)c3cccc(C)c3)c2)c1. The van der Waals surface area contributed by atoms with Crippen molar-refractivity contribution >= 4 is 39.1 Å². The number of aryl methyl sites for hydroxylation is 2. The summed E-state index contributed by atoms with van der Waals surface area (Å²) < 4.78 is 5.91. The van der Waals surface area contributed by atoms with Gasteiger partial charge in [-0.1, -0.05) is 51.3 Å². The highest BCUT2D eigenvalue weighted by molar-refractivity contribution is 9.09. The molecule has 166 valence electrons. The summed E-state index contributed by atoms with van der Waals surface area (Å²) in [4.78, 5) is 25.5. The Hall–Kier alpha value is -3.12. The van der Waals surface area contributed by atoms with Crippen molar-refractivity contribution in [3.8, 4) is 5.75 Å². The molecule has 0 aliphatic heterocycles. The van der Waals surface area contributed by atoms with E-state index in [2.05, 4.69) is 26.6 Å². The number of ether oxygens (including phenoxy) is 1. The number of hydrogen-bond donors (Lipinski definition) is 2. The molecule has 0 fully saturated rings. The third-order valence-corrected chi connectivity index (χ3v) is 5.39. The zero-order valence-electron chi connectivity index (χ0n) is 18.3. The predicted octanol–water partition coefficient (Wildman–Crippen LogP) is 6.36. The van der Waals surface area contributed by atoms with Crippen molar-refractivity contribution in [2.45, 2.75) is 26.7 Å². The van der Waals surface area contributed by atoms with Gasteiger partial charge < -0.3 is 15.4 Å². The van der Waals surface area contributed by atoms with Gasteiger partial charge in [0.25, 0.3) is 11.8 Å². The largest absolute Gasteiger partial charge is 0.491 e. The second kappa shape index (κ2) is 11.5. The molecule has 32 heavy (non-hydrogen) atoms. The van der Waals surface area contributed by atoms with E-state index in [4.69, 9.17) is 4.74 Å². The van der Waals surface area contributed by atoms with Crippen molar-refractivity contribution < 1.29 is 14.3 Å². The Labute approximate surface area is 197 Å². The van der Waals surface area contributed by atoms with Crippen LogP contribution in [0.2, 0.25) is 0 Å². The summed E-state index contributed by atoms with van der Waals surface area (Å²) in [5.41, 5.74) is 4.23. The highest BCUT2D eigenvalue weighted by Gasteiger charge is 2.13. The van der Waals surface area contributed by atoms with Crippen LogP contribution in [0.5, 0.6) is 5.75 Å². The number of rotatable bonds is 9. The molecule has 0 heterocycles.